The Hall–Kier alpha value is -0.840. The number of methoxy groups -OCH3 is 1. The fraction of sp³-hybridized carbons (Fsp3) is 0.455. The van der Waals surface area contributed by atoms with Crippen LogP contribution < -0.4 is 0 Å². The number of carbonyl (C=O) groups is 1. The lowest BCUT2D eigenvalue weighted by Crippen LogP contribution is -2.34. The molecule has 1 aromatic rings. The highest BCUT2D eigenvalue weighted by Gasteiger charge is 2.16. The number of carbonyl (C=O) groups excluding carboxylic acids is 1. The summed E-state index contributed by atoms with van der Waals surface area (Å²) in [6.07, 6.45) is 1.44. The van der Waals surface area contributed by atoms with Crippen molar-refractivity contribution in [3.05, 3.63) is 29.0 Å². The zero-order chi connectivity index (χ0) is 12.8. The molecule has 1 amide bonds. The van der Waals surface area contributed by atoms with Gasteiger partial charge in [-0.2, -0.15) is 0 Å². The summed E-state index contributed by atoms with van der Waals surface area (Å²) in [6, 6.07) is 3.21. The fourth-order valence-electron chi connectivity index (χ4n) is 1.31. The van der Waals surface area contributed by atoms with Crippen LogP contribution in [0.5, 0.6) is 0 Å². The summed E-state index contributed by atoms with van der Waals surface area (Å²) >= 11 is 11.7. The van der Waals surface area contributed by atoms with Crippen LogP contribution in [-0.2, 0) is 4.74 Å². The number of rotatable bonds is 5. The van der Waals surface area contributed by atoms with Crippen LogP contribution in [0.1, 0.15) is 10.5 Å². The zero-order valence-electron chi connectivity index (χ0n) is 9.69. The number of aromatic nitrogens is 1. The maximum atomic E-state index is 11.9. The molecule has 0 aliphatic carbocycles. The third-order valence-electron chi connectivity index (χ3n) is 2.11. The van der Waals surface area contributed by atoms with E-state index in [0.29, 0.717) is 23.9 Å². The van der Waals surface area contributed by atoms with E-state index in [9.17, 15) is 4.79 Å². The Bertz CT molecular complexity index is 370. The van der Waals surface area contributed by atoms with Gasteiger partial charge >= 0.3 is 0 Å². The van der Waals surface area contributed by atoms with Gasteiger partial charge in [-0.3, -0.25) is 4.79 Å². The number of pyridine rings is 1. The minimum atomic E-state index is -0.235. The number of ether oxygens (including phenoxy) is 1. The van der Waals surface area contributed by atoms with Crippen LogP contribution in [0.15, 0.2) is 18.3 Å². The third-order valence-corrected chi connectivity index (χ3v) is 2.60. The standard InChI is InChI=1S/C11H14Cl2N2O2/c1-15(6-9(13)7-17-2)11(16)10-4-3-8(12)5-14-10/h3-5,9H,6-7H2,1-2H3. The van der Waals surface area contributed by atoms with Crippen molar-refractivity contribution in [3.8, 4) is 0 Å². The Kier molecular flexibility index (Phi) is 5.68. The van der Waals surface area contributed by atoms with Crippen LogP contribution in [0.25, 0.3) is 0 Å². The second-order valence-electron chi connectivity index (χ2n) is 3.60. The van der Waals surface area contributed by atoms with E-state index in [1.54, 1.807) is 26.3 Å². The van der Waals surface area contributed by atoms with Gasteiger partial charge in [-0.05, 0) is 12.1 Å². The van der Waals surface area contributed by atoms with E-state index in [1.165, 1.54) is 11.1 Å². The summed E-state index contributed by atoms with van der Waals surface area (Å²) in [5.74, 6) is -0.191. The SMILES string of the molecule is COCC(Cl)CN(C)C(=O)c1ccc(Cl)cn1. The molecule has 0 bridgehead atoms. The number of hydrogen-bond acceptors (Lipinski definition) is 3. The maximum absolute atomic E-state index is 11.9. The molecule has 1 rings (SSSR count). The smallest absolute Gasteiger partial charge is 0.272 e. The molecule has 1 atom stereocenters. The van der Waals surface area contributed by atoms with Crippen LogP contribution >= 0.6 is 23.2 Å². The summed E-state index contributed by atoms with van der Waals surface area (Å²) < 4.78 is 4.90. The predicted molar refractivity (Wildman–Crippen MR) is 67.7 cm³/mol. The number of nitrogens with zero attached hydrogens (tertiary/aromatic N) is 2. The summed E-state index contributed by atoms with van der Waals surface area (Å²) in [6.45, 7) is 0.797. The molecular formula is C11H14Cl2N2O2. The Morgan fingerprint density at radius 1 is 1.59 bits per heavy atom. The minimum absolute atomic E-state index is 0.191. The first-order valence-electron chi connectivity index (χ1n) is 5.04. The number of hydrogen-bond donors (Lipinski definition) is 0. The van der Waals surface area contributed by atoms with E-state index in [2.05, 4.69) is 4.98 Å². The van der Waals surface area contributed by atoms with Gasteiger partial charge in [0.15, 0.2) is 0 Å². The van der Waals surface area contributed by atoms with Crippen LogP contribution in [0.2, 0.25) is 5.02 Å². The van der Waals surface area contributed by atoms with Gasteiger partial charge < -0.3 is 9.64 Å². The molecule has 0 N–H and O–H groups in total. The Balaban J connectivity index is 2.60. The van der Waals surface area contributed by atoms with Gasteiger partial charge in [0.05, 0.1) is 17.0 Å². The Labute approximate surface area is 110 Å². The zero-order valence-corrected chi connectivity index (χ0v) is 11.2. The van der Waals surface area contributed by atoms with Gasteiger partial charge in [0.25, 0.3) is 5.91 Å². The summed E-state index contributed by atoms with van der Waals surface area (Å²) in [4.78, 5) is 17.4. The predicted octanol–water partition coefficient (Wildman–Crippen LogP) is 2.06. The van der Waals surface area contributed by atoms with E-state index in [-0.39, 0.29) is 11.3 Å². The number of amides is 1. The molecule has 1 aromatic heterocycles. The second kappa shape index (κ2) is 6.79. The first-order valence-corrected chi connectivity index (χ1v) is 5.86. The van der Waals surface area contributed by atoms with Gasteiger partial charge in [0, 0.05) is 26.9 Å². The molecule has 0 fully saturated rings. The molecule has 1 heterocycles. The lowest BCUT2D eigenvalue weighted by molar-refractivity contribution is 0.0776. The first kappa shape index (κ1) is 14.2. The van der Waals surface area contributed by atoms with Crippen molar-refractivity contribution in [3.63, 3.8) is 0 Å². The third kappa shape index (κ3) is 4.50. The molecule has 94 valence electrons. The molecule has 0 aromatic carbocycles. The second-order valence-corrected chi connectivity index (χ2v) is 4.65. The van der Waals surface area contributed by atoms with Crippen molar-refractivity contribution in [1.29, 1.82) is 0 Å². The number of alkyl halides is 1. The lowest BCUT2D eigenvalue weighted by atomic mass is 10.3. The van der Waals surface area contributed by atoms with E-state index >= 15 is 0 Å². The normalized spacial score (nSPS) is 12.2. The molecule has 0 saturated carbocycles. The average Bonchev–Trinajstić information content (AvgIpc) is 2.29. The highest BCUT2D eigenvalue weighted by atomic mass is 35.5. The van der Waals surface area contributed by atoms with Crippen molar-refractivity contribution in [1.82, 2.24) is 9.88 Å². The number of halogens is 2. The first-order chi connectivity index (χ1) is 8.04. The van der Waals surface area contributed by atoms with E-state index in [4.69, 9.17) is 27.9 Å². The van der Waals surface area contributed by atoms with Gasteiger partial charge in [0.2, 0.25) is 0 Å². The van der Waals surface area contributed by atoms with Crippen molar-refractivity contribution in [2.45, 2.75) is 5.38 Å². The largest absolute Gasteiger partial charge is 0.383 e. The van der Waals surface area contributed by atoms with Gasteiger partial charge in [-0.1, -0.05) is 11.6 Å². The molecule has 6 heteroatoms. The topological polar surface area (TPSA) is 42.4 Å². The molecule has 1 unspecified atom stereocenters. The maximum Gasteiger partial charge on any atom is 0.272 e. The molecular weight excluding hydrogens is 263 g/mol. The molecule has 0 saturated heterocycles. The quantitative estimate of drug-likeness (QED) is 0.774. The van der Waals surface area contributed by atoms with Crippen LogP contribution in [0, 0.1) is 0 Å². The lowest BCUT2D eigenvalue weighted by Gasteiger charge is -2.19. The van der Waals surface area contributed by atoms with Crippen molar-refractivity contribution in [2.24, 2.45) is 0 Å². The van der Waals surface area contributed by atoms with Crippen molar-refractivity contribution in [2.75, 3.05) is 27.3 Å². The minimum Gasteiger partial charge on any atom is -0.383 e. The Morgan fingerprint density at radius 2 is 2.29 bits per heavy atom. The summed E-state index contributed by atoms with van der Waals surface area (Å²) in [7, 11) is 3.24. The average molecular weight is 277 g/mol. The summed E-state index contributed by atoms with van der Waals surface area (Å²) in [5.41, 5.74) is 0.346. The Morgan fingerprint density at radius 3 is 2.82 bits per heavy atom. The van der Waals surface area contributed by atoms with Gasteiger partial charge in [-0.15, -0.1) is 11.6 Å². The van der Waals surface area contributed by atoms with Crippen LogP contribution in [0.4, 0.5) is 0 Å². The summed E-state index contributed by atoms with van der Waals surface area (Å²) in [5, 5.41) is 0.264. The highest BCUT2D eigenvalue weighted by Crippen LogP contribution is 2.08. The molecule has 4 nitrogen and oxygen atoms in total. The fourth-order valence-corrected chi connectivity index (χ4v) is 1.76. The van der Waals surface area contributed by atoms with Crippen LogP contribution in [-0.4, -0.2) is 48.5 Å². The molecule has 0 radical (unpaired) electrons. The van der Waals surface area contributed by atoms with Crippen molar-refractivity contribution >= 4 is 29.1 Å². The monoisotopic (exact) mass is 276 g/mol. The van der Waals surface area contributed by atoms with E-state index in [0.717, 1.165) is 0 Å². The van der Waals surface area contributed by atoms with Gasteiger partial charge in [0.1, 0.15) is 5.69 Å². The van der Waals surface area contributed by atoms with Crippen molar-refractivity contribution < 1.29 is 9.53 Å². The highest BCUT2D eigenvalue weighted by molar-refractivity contribution is 6.30. The van der Waals surface area contributed by atoms with E-state index < -0.39 is 0 Å². The van der Waals surface area contributed by atoms with Crippen LogP contribution in [0.3, 0.4) is 0 Å². The molecule has 17 heavy (non-hydrogen) atoms. The molecule has 0 aliphatic rings. The van der Waals surface area contributed by atoms with Gasteiger partial charge in [-0.25, -0.2) is 4.98 Å². The molecule has 0 aliphatic heterocycles. The molecule has 0 spiro atoms. The van der Waals surface area contributed by atoms with E-state index in [1.807, 2.05) is 0 Å².